The molecule has 164 valence electrons. The lowest BCUT2D eigenvalue weighted by atomic mass is 10.1. The normalized spacial score (nSPS) is 19.2. The molecule has 0 spiro atoms. The number of morpholine rings is 1. The maximum Gasteiger partial charge on any atom is 0.160 e. The number of hydrogen-bond donors (Lipinski definition) is 0. The van der Waals surface area contributed by atoms with Gasteiger partial charge in [0.1, 0.15) is 17.7 Å². The molecule has 2 aliphatic heterocycles. The molecule has 1 unspecified atom stereocenters. The van der Waals surface area contributed by atoms with Gasteiger partial charge in [0.2, 0.25) is 0 Å². The second-order valence-electron chi connectivity index (χ2n) is 8.07. The van der Waals surface area contributed by atoms with Crippen LogP contribution < -0.4 is 4.90 Å². The van der Waals surface area contributed by atoms with E-state index >= 15 is 0 Å². The highest BCUT2D eigenvalue weighted by molar-refractivity contribution is 5.60. The molecular weight excluding hydrogens is 411 g/mol. The fourth-order valence-electron chi connectivity index (χ4n) is 4.32. The van der Waals surface area contributed by atoms with Crippen molar-refractivity contribution in [2.24, 2.45) is 0 Å². The number of hydrogen-bond acceptors (Lipinski definition) is 6. The van der Waals surface area contributed by atoms with Gasteiger partial charge in [0.05, 0.1) is 24.6 Å². The highest BCUT2D eigenvalue weighted by Crippen LogP contribution is 2.30. The van der Waals surface area contributed by atoms with Crippen LogP contribution in [-0.2, 0) is 9.47 Å². The van der Waals surface area contributed by atoms with E-state index < -0.39 is 0 Å². The van der Waals surface area contributed by atoms with Crippen LogP contribution in [0.25, 0.3) is 22.7 Å². The first-order valence-corrected chi connectivity index (χ1v) is 10.9. The first-order chi connectivity index (χ1) is 15.7. The molecule has 9 heteroatoms. The van der Waals surface area contributed by atoms with Crippen LogP contribution in [0.3, 0.4) is 0 Å². The molecule has 32 heavy (non-hydrogen) atoms. The van der Waals surface area contributed by atoms with Crippen molar-refractivity contribution in [1.82, 2.24) is 24.4 Å². The minimum absolute atomic E-state index is 0.0157. The number of nitrogens with zero attached hydrogens (tertiary/aromatic N) is 6. The molecule has 3 aromatic heterocycles. The zero-order chi connectivity index (χ0) is 21.5. The molecule has 2 aliphatic rings. The Morgan fingerprint density at radius 1 is 1.00 bits per heavy atom. The Labute approximate surface area is 184 Å². The van der Waals surface area contributed by atoms with Gasteiger partial charge in [0.15, 0.2) is 11.5 Å². The van der Waals surface area contributed by atoms with Crippen molar-refractivity contribution in [2.75, 3.05) is 37.8 Å². The van der Waals surface area contributed by atoms with Crippen LogP contribution >= 0.6 is 0 Å². The third-order valence-corrected chi connectivity index (χ3v) is 5.95. The predicted octanol–water partition coefficient (Wildman–Crippen LogP) is 3.41. The molecule has 6 rings (SSSR count). The summed E-state index contributed by atoms with van der Waals surface area (Å²) in [7, 11) is 0. The van der Waals surface area contributed by atoms with E-state index in [0.29, 0.717) is 24.7 Å². The van der Waals surface area contributed by atoms with Gasteiger partial charge in [-0.25, -0.2) is 14.1 Å². The van der Waals surface area contributed by atoms with Gasteiger partial charge in [-0.15, -0.1) is 0 Å². The molecule has 8 nitrogen and oxygen atoms in total. The van der Waals surface area contributed by atoms with Crippen LogP contribution in [0, 0.1) is 5.82 Å². The number of rotatable bonds is 4. The molecular formula is C23H23FN6O2. The second-order valence-corrected chi connectivity index (χ2v) is 8.07. The van der Waals surface area contributed by atoms with Crippen LogP contribution in [0.15, 0.2) is 48.7 Å². The quantitative estimate of drug-likeness (QED) is 0.490. The fourth-order valence-corrected chi connectivity index (χ4v) is 4.32. The summed E-state index contributed by atoms with van der Waals surface area (Å²) in [6.07, 6.45) is 3.88. The van der Waals surface area contributed by atoms with Crippen LogP contribution in [0.4, 0.5) is 10.2 Å². The minimum Gasteiger partial charge on any atom is -0.378 e. The molecule has 0 amide bonds. The van der Waals surface area contributed by atoms with Gasteiger partial charge in [0.25, 0.3) is 0 Å². The van der Waals surface area contributed by atoms with Crippen molar-refractivity contribution in [1.29, 1.82) is 0 Å². The van der Waals surface area contributed by atoms with Crippen molar-refractivity contribution in [3.05, 3.63) is 60.2 Å². The Bertz CT molecular complexity index is 1260. The van der Waals surface area contributed by atoms with E-state index in [1.807, 2.05) is 35.0 Å². The molecule has 1 atom stereocenters. The number of benzene rings is 1. The van der Waals surface area contributed by atoms with Crippen molar-refractivity contribution < 1.29 is 13.9 Å². The van der Waals surface area contributed by atoms with Crippen molar-refractivity contribution in [3.8, 4) is 17.1 Å². The summed E-state index contributed by atoms with van der Waals surface area (Å²) in [5.74, 6) is 1.34. The summed E-state index contributed by atoms with van der Waals surface area (Å²) in [6.45, 7) is 3.67. The topological polar surface area (TPSA) is 69.7 Å². The van der Waals surface area contributed by atoms with Gasteiger partial charge in [0, 0.05) is 43.6 Å². The third-order valence-electron chi connectivity index (χ3n) is 5.95. The maximum absolute atomic E-state index is 13.7. The molecule has 2 saturated heterocycles. The molecule has 5 heterocycles. The molecule has 0 bridgehead atoms. The Hall–Kier alpha value is -3.30. The smallest absolute Gasteiger partial charge is 0.160 e. The summed E-state index contributed by atoms with van der Waals surface area (Å²) in [5, 5.41) is 9.50. The average molecular weight is 434 g/mol. The highest BCUT2D eigenvalue weighted by Gasteiger charge is 2.24. The Morgan fingerprint density at radius 2 is 1.91 bits per heavy atom. The van der Waals surface area contributed by atoms with E-state index in [1.165, 1.54) is 12.1 Å². The molecule has 0 radical (unpaired) electrons. The van der Waals surface area contributed by atoms with Crippen LogP contribution in [0.5, 0.6) is 0 Å². The standard InChI is InChI=1S/C23H23FN6O2/c24-17-4-1-3-16(13-17)18-6-7-29(26-18)21-15-23(28-8-11-31-12-9-28)30-22(25-21)14-19(27-30)20-5-2-10-32-20/h1,3-4,6-7,13-15,20H,2,5,8-12H2. The van der Waals surface area contributed by atoms with E-state index in [-0.39, 0.29) is 11.9 Å². The van der Waals surface area contributed by atoms with Crippen molar-refractivity contribution in [3.63, 3.8) is 0 Å². The van der Waals surface area contributed by atoms with Gasteiger partial charge >= 0.3 is 0 Å². The third kappa shape index (κ3) is 3.53. The summed E-state index contributed by atoms with van der Waals surface area (Å²) in [4.78, 5) is 7.09. The Balaban J connectivity index is 1.44. The summed E-state index contributed by atoms with van der Waals surface area (Å²) in [5.41, 5.74) is 3.07. The van der Waals surface area contributed by atoms with Gasteiger partial charge < -0.3 is 14.4 Å². The fraction of sp³-hybridized carbons (Fsp3) is 0.348. The van der Waals surface area contributed by atoms with Gasteiger partial charge in [-0.3, -0.25) is 0 Å². The molecule has 0 N–H and O–H groups in total. The monoisotopic (exact) mass is 434 g/mol. The summed E-state index contributed by atoms with van der Waals surface area (Å²) in [6, 6.07) is 12.3. The van der Waals surface area contributed by atoms with Gasteiger partial charge in [-0.1, -0.05) is 12.1 Å². The number of fused-ring (bicyclic) bond motifs is 1. The molecule has 1 aromatic carbocycles. The van der Waals surface area contributed by atoms with E-state index in [9.17, 15) is 4.39 Å². The highest BCUT2D eigenvalue weighted by atomic mass is 19.1. The first-order valence-electron chi connectivity index (χ1n) is 10.9. The van der Waals surface area contributed by atoms with Crippen LogP contribution in [0.1, 0.15) is 24.6 Å². The van der Waals surface area contributed by atoms with Gasteiger partial charge in [-0.05, 0) is 31.0 Å². The molecule has 0 aliphatic carbocycles. The Morgan fingerprint density at radius 3 is 2.72 bits per heavy atom. The van der Waals surface area contributed by atoms with Crippen molar-refractivity contribution >= 4 is 11.5 Å². The number of halogens is 1. The van der Waals surface area contributed by atoms with Crippen molar-refractivity contribution in [2.45, 2.75) is 18.9 Å². The molecule has 2 fully saturated rings. The predicted molar refractivity (Wildman–Crippen MR) is 116 cm³/mol. The zero-order valence-corrected chi connectivity index (χ0v) is 17.5. The van der Waals surface area contributed by atoms with Crippen LogP contribution in [-0.4, -0.2) is 57.3 Å². The lowest BCUT2D eigenvalue weighted by Crippen LogP contribution is -2.37. The van der Waals surface area contributed by atoms with E-state index in [1.54, 1.807) is 10.7 Å². The zero-order valence-electron chi connectivity index (χ0n) is 17.5. The Kier molecular flexibility index (Phi) is 4.84. The SMILES string of the molecule is Fc1cccc(-c2ccn(-c3cc(N4CCOCC4)n4nc(C5CCCO5)cc4n3)n2)c1. The maximum atomic E-state index is 13.7. The largest absolute Gasteiger partial charge is 0.378 e. The minimum atomic E-state index is -0.285. The second kappa shape index (κ2) is 7.99. The summed E-state index contributed by atoms with van der Waals surface area (Å²) < 4.78 is 28.7. The van der Waals surface area contributed by atoms with Crippen LogP contribution in [0.2, 0.25) is 0 Å². The summed E-state index contributed by atoms with van der Waals surface area (Å²) >= 11 is 0. The number of aromatic nitrogens is 5. The lowest BCUT2D eigenvalue weighted by Gasteiger charge is -2.29. The van der Waals surface area contributed by atoms with Gasteiger partial charge in [-0.2, -0.15) is 14.7 Å². The van der Waals surface area contributed by atoms with E-state index in [2.05, 4.69) is 10.00 Å². The number of ether oxygens (including phenoxy) is 2. The molecule has 4 aromatic rings. The van der Waals surface area contributed by atoms with E-state index in [4.69, 9.17) is 19.6 Å². The molecule has 0 saturated carbocycles. The van der Waals surface area contributed by atoms with E-state index in [0.717, 1.165) is 55.3 Å². The lowest BCUT2D eigenvalue weighted by molar-refractivity contribution is 0.108. The number of anilines is 1. The first kappa shape index (κ1) is 19.4. The average Bonchev–Trinajstić information content (AvgIpc) is 3.59.